The Morgan fingerprint density at radius 2 is 2.20 bits per heavy atom. The summed E-state index contributed by atoms with van der Waals surface area (Å²) in [5, 5.41) is 0. The van der Waals surface area contributed by atoms with Crippen LogP contribution in [-0.4, -0.2) is 13.2 Å². The summed E-state index contributed by atoms with van der Waals surface area (Å²) in [6, 6.07) is 3.68. The first-order valence-corrected chi connectivity index (χ1v) is 5.33. The zero-order chi connectivity index (χ0) is 10.7. The van der Waals surface area contributed by atoms with E-state index in [0.717, 1.165) is 12.2 Å². The van der Waals surface area contributed by atoms with Crippen LogP contribution in [0.1, 0.15) is 25.4 Å². The topological polar surface area (TPSA) is 31.6 Å². The molecule has 0 spiro atoms. The summed E-state index contributed by atoms with van der Waals surface area (Å²) >= 11 is 0. The fourth-order valence-electron chi connectivity index (χ4n) is 1.69. The smallest absolute Gasteiger partial charge is 0.217 e. The highest BCUT2D eigenvalue weighted by Crippen LogP contribution is 2.28. The van der Waals surface area contributed by atoms with Gasteiger partial charge >= 0.3 is 0 Å². The van der Waals surface area contributed by atoms with Gasteiger partial charge in [-0.2, -0.15) is 0 Å². The monoisotopic (exact) mass is 208 g/mol. The van der Waals surface area contributed by atoms with Gasteiger partial charge in [0.05, 0.1) is 19.5 Å². The van der Waals surface area contributed by atoms with Crippen molar-refractivity contribution in [2.45, 2.75) is 19.6 Å². The lowest BCUT2D eigenvalue weighted by Gasteiger charge is -2.31. The van der Waals surface area contributed by atoms with Crippen LogP contribution in [0.2, 0.25) is 0 Å². The minimum Gasteiger partial charge on any atom is -0.464 e. The lowest BCUT2D eigenvalue weighted by atomic mass is 9.93. The first-order chi connectivity index (χ1) is 7.31. The normalized spacial score (nSPS) is 28.9. The van der Waals surface area contributed by atoms with Gasteiger partial charge in [0.15, 0.2) is 5.76 Å². The second kappa shape index (κ2) is 4.81. The molecule has 1 atom stereocenters. The van der Waals surface area contributed by atoms with Gasteiger partial charge in [-0.15, -0.1) is 0 Å². The Balaban J connectivity index is 1.87. The fourth-order valence-corrected chi connectivity index (χ4v) is 1.69. The molecule has 15 heavy (non-hydrogen) atoms. The maximum absolute atomic E-state index is 5.93. The van der Waals surface area contributed by atoms with Crippen molar-refractivity contribution in [1.82, 2.24) is 0 Å². The van der Waals surface area contributed by atoms with E-state index in [-0.39, 0.29) is 12.2 Å². The predicted molar refractivity (Wildman–Crippen MR) is 54.9 cm³/mol. The Kier molecular flexibility index (Phi) is 3.44. The summed E-state index contributed by atoms with van der Waals surface area (Å²) in [4.78, 5) is 0. The summed E-state index contributed by atoms with van der Waals surface area (Å²) in [5.41, 5.74) is 0. The highest BCUT2D eigenvalue weighted by Gasteiger charge is 2.27. The van der Waals surface area contributed by atoms with Crippen LogP contribution in [0.4, 0.5) is 0 Å². The molecule has 1 aliphatic heterocycles. The third-order valence-electron chi connectivity index (χ3n) is 2.78. The van der Waals surface area contributed by atoms with E-state index in [1.54, 1.807) is 6.26 Å². The standard InChI is InChI=1S/C12H16O3/c1-3-9(2)10-7-14-12(15-8-10)11-5-4-6-13-11/h2,4-6,9-10,12H,3,7-8H2,1H3. The van der Waals surface area contributed by atoms with Crippen LogP contribution in [-0.2, 0) is 9.47 Å². The van der Waals surface area contributed by atoms with Gasteiger partial charge in [-0.25, -0.2) is 0 Å². The van der Waals surface area contributed by atoms with Crippen LogP contribution in [0.25, 0.3) is 0 Å². The number of furan rings is 1. The first-order valence-electron chi connectivity index (χ1n) is 5.33. The summed E-state index contributed by atoms with van der Waals surface area (Å²) in [5.74, 6) is 1.17. The van der Waals surface area contributed by atoms with Crippen molar-refractivity contribution < 1.29 is 13.9 Å². The SMILES string of the molecule is [CH]C(CC)C1COC(c2ccco2)OC1. The van der Waals surface area contributed by atoms with Crippen molar-refractivity contribution in [3.8, 4) is 0 Å². The van der Waals surface area contributed by atoms with Gasteiger partial charge in [0, 0.05) is 5.92 Å². The Hall–Kier alpha value is -0.800. The molecule has 0 aliphatic carbocycles. The van der Waals surface area contributed by atoms with Gasteiger partial charge in [0.1, 0.15) is 0 Å². The molecular weight excluding hydrogens is 192 g/mol. The molecule has 1 aromatic rings. The molecular formula is C12H16O3. The van der Waals surface area contributed by atoms with Crippen molar-refractivity contribution in [2.24, 2.45) is 11.8 Å². The second-order valence-electron chi connectivity index (χ2n) is 3.85. The van der Waals surface area contributed by atoms with Crippen molar-refractivity contribution in [3.63, 3.8) is 0 Å². The first kappa shape index (κ1) is 10.7. The molecule has 2 heterocycles. The Morgan fingerprint density at radius 1 is 1.47 bits per heavy atom. The van der Waals surface area contributed by atoms with Crippen LogP contribution < -0.4 is 0 Å². The summed E-state index contributed by atoms with van der Waals surface area (Å²) in [6.45, 7) is 9.28. The van der Waals surface area contributed by atoms with E-state index in [1.165, 1.54) is 0 Å². The summed E-state index contributed by atoms with van der Waals surface area (Å²) in [6.07, 6.45) is 2.20. The molecule has 1 aliphatic rings. The minimum atomic E-state index is -0.361. The lowest BCUT2D eigenvalue weighted by molar-refractivity contribution is -0.218. The summed E-state index contributed by atoms with van der Waals surface area (Å²) in [7, 11) is 0. The van der Waals surface area contributed by atoms with Crippen LogP contribution in [0.5, 0.6) is 0 Å². The van der Waals surface area contributed by atoms with E-state index >= 15 is 0 Å². The molecule has 82 valence electrons. The highest BCUT2D eigenvalue weighted by atomic mass is 16.7. The number of hydrogen-bond acceptors (Lipinski definition) is 3. The van der Waals surface area contributed by atoms with Gasteiger partial charge in [-0.05, 0) is 25.0 Å². The van der Waals surface area contributed by atoms with Crippen molar-refractivity contribution in [1.29, 1.82) is 0 Å². The van der Waals surface area contributed by atoms with Crippen LogP contribution in [0, 0.1) is 18.8 Å². The third-order valence-corrected chi connectivity index (χ3v) is 2.78. The van der Waals surface area contributed by atoms with E-state index in [0.29, 0.717) is 19.1 Å². The molecule has 1 aromatic heterocycles. The van der Waals surface area contributed by atoms with Crippen LogP contribution in [0.3, 0.4) is 0 Å². The molecule has 2 radical (unpaired) electrons. The molecule has 0 aromatic carbocycles. The molecule has 1 fully saturated rings. The van der Waals surface area contributed by atoms with E-state index in [9.17, 15) is 0 Å². The molecule has 0 amide bonds. The Bertz CT molecular complexity index is 273. The predicted octanol–water partition coefficient (Wildman–Crippen LogP) is 2.68. The quantitative estimate of drug-likeness (QED) is 0.765. The number of hydrogen-bond donors (Lipinski definition) is 0. The van der Waals surface area contributed by atoms with Crippen LogP contribution >= 0.6 is 0 Å². The molecule has 0 bridgehead atoms. The van der Waals surface area contributed by atoms with E-state index in [1.807, 2.05) is 12.1 Å². The van der Waals surface area contributed by atoms with E-state index < -0.39 is 0 Å². The van der Waals surface area contributed by atoms with Gasteiger partial charge in [0.2, 0.25) is 6.29 Å². The van der Waals surface area contributed by atoms with Crippen molar-refractivity contribution in [3.05, 3.63) is 31.1 Å². The molecule has 1 unspecified atom stereocenters. The molecule has 3 heteroatoms. The van der Waals surface area contributed by atoms with Gasteiger partial charge in [-0.1, -0.05) is 13.3 Å². The lowest BCUT2D eigenvalue weighted by Crippen LogP contribution is -2.31. The fraction of sp³-hybridized carbons (Fsp3) is 0.583. The molecule has 0 saturated carbocycles. The number of rotatable bonds is 3. The van der Waals surface area contributed by atoms with Gasteiger partial charge < -0.3 is 13.9 Å². The van der Waals surface area contributed by atoms with Crippen LogP contribution in [0.15, 0.2) is 22.8 Å². The van der Waals surface area contributed by atoms with Crippen molar-refractivity contribution >= 4 is 0 Å². The molecule has 0 N–H and O–H groups in total. The largest absolute Gasteiger partial charge is 0.464 e. The summed E-state index contributed by atoms with van der Waals surface area (Å²) < 4.78 is 16.3. The van der Waals surface area contributed by atoms with Gasteiger partial charge in [-0.3, -0.25) is 0 Å². The van der Waals surface area contributed by atoms with Gasteiger partial charge in [0.25, 0.3) is 0 Å². The molecule has 3 nitrogen and oxygen atoms in total. The van der Waals surface area contributed by atoms with Crippen molar-refractivity contribution in [2.75, 3.05) is 13.2 Å². The molecule has 2 rings (SSSR count). The zero-order valence-electron chi connectivity index (χ0n) is 8.89. The molecule has 1 saturated heterocycles. The third kappa shape index (κ3) is 2.41. The second-order valence-corrected chi connectivity index (χ2v) is 3.85. The average molecular weight is 208 g/mol. The number of ether oxygens (including phenoxy) is 2. The minimum absolute atomic E-state index is 0.155. The zero-order valence-corrected chi connectivity index (χ0v) is 8.89. The average Bonchev–Trinajstić information content (AvgIpc) is 2.82. The van der Waals surface area contributed by atoms with E-state index in [2.05, 4.69) is 6.92 Å². The van der Waals surface area contributed by atoms with E-state index in [4.69, 9.17) is 20.8 Å². The Labute approximate surface area is 90.4 Å². The maximum Gasteiger partial charge on any atom is 0.217 e. The Morgan fingerprint density at radius 3 is 2.73 bits per heavy atom. The maximum atomic E-state index is 5.93. The highest BCUT2D eigenvalue weighted by molar-refractivity contribution is 5.00.